The van der Waals surface area contributed by atoms with Crippen molar-refractivity contribution in [3.8, 4) is 23.3 Å². The molecule has 1 amide bonds. The average molecular weight is 453 g/mol. The number of methoxy groups -OCH3 is 2. The van der Waals surface area contributed by atoms with Crippen molar-refractivity contribution < 1.29 is 24.1 Å². The first-order valence-corrected chi connectivity index (χ1v) is 11.2. The lowest BCUT2D eigenvalue weighted by Gasteiger charge is -2.38. The normalized spacial score (nSPS) is 22.4. The Bertz CT molecular complexity index is 1110. The molecule has 2 unspecified atom stereocenters. The minimum Gasteiger partial charge on any atom is -0.494 e. The summed E-state index contributed by atoms with van der Waals surface area (Å²) in [5.74, 6) is 1.33. The van der Waals surface area contributed by atoms with E-state index in [4.69, 9.17) is 14.2 Å². The first-order chi connectivity index (χ1) is 15.5. The van der Waals surface area contributed by atoms with Crippen molar-refractivity contribution in [3.05, 3.63) is 64.2 Å². The minimum absolute atomic E-state index is 0.0938. The van der Waals surface area contributed by atoms with Gasteiger partial charge in [0.25, 0.3) is 0 Å². The smallest absolute Gasteiger partial charge is 0.231 e. The van der Waals surface area contributed by atoms with E-state index in [1.165, 1.54) is 30.9 Å². The number of allylic oxidation sites excluding steroid dienone is 1. The molecule has 2 heterocycles. The van der Waals surface area contributed by atoms with Crippen molar-refractivity contribution in [2.24, 2.45) is 0 Å². The molecule has 1 N–H and O–H groups in total. The summed E-state index contributed by atoms with van der Waals surface area (Å²) in [5, 5.41) is 22.1. The van der Waals surface area contributed by atoms with E-state index < -0.39 is 5.72 Å². The Morgan fingerprint density at radius 1 is 1.19 bits per heavy atom. The molecule has 2 aliphatic heterocycles. The van der Waals surface area contributed by atoms with Gasteiger partial charge in [-0.15, -0.1) is 11.8 Å². The van der Waals surface area contributed by atoms with Crippen molar-refractivity contribution in [2.75, 3.05) is 26.6 Å². The van der Waals surface area contributed by atoms with E-state index in [0.717, 1.165) is 11.3 Å². The molecule has 0 saturated carbocycles. The van der Waals surface area contributed by atoms with Crippen molar-refractivity contribution in [1.29, 1.82) is 5.26 Å². The number of amides is 1. The number of hydrogen-bond donors (Lipinski definition) is 1. The third-order valence-corrected chi connectivity index (χ3v) is 6.97. The molecular formula is C24H24N2O5S. The molecule has 32 heavy (non-hydrogen) atoms. The zero-order chi connectivity index (χ0) is 22.9. The summed E-state index contributed by atoms with van der Waals surface area (Å²) in [6.07, 6.45) is 0.0938. The van der Waals surface area contributed by atoms with Crippen LogP contribution in [0, 0.1) is 11.3 Å². The molecule has 0 aliphatic carbocycles. The number of rotatable bonds is 6. The number of thioether (sulfide) groups is 1. The van der Waals surface area contributed by atoms with Crippen molar-refractivity contribution in [3.63, 3.8) is 0 Å². The summed E-state index contributed by atoms with van der Waals surface area (Å²) in [5.41, 5.74) is 0.272. The van der Waals surface area contributed by atoms with Crippen molar-refractivity contribution in [2.45, 2.75) is 25.0 Å². The molecule has 1 fully saturated rings. The fourth-order valence-electron chi connectivity index (χ4n) is 4.17. The van der Waals surface area contributed by atoms with Crippen LogP contribution in [0.25, 0.3) is 0 Å². The summed E-state index contributed by atoms with van der Waals surface area (Å²) in [6.45, 7) is 2.48. The molecule has 0 spiro atoms. The molecule has 2 aromatic rings. The van der Waals surface area contributed by atoms with Gasteiger partial charge in [0.2, 0.25) is 5.91 Å². The van der Waals surface area contributed by atoms with Crippen LogP contribution in [0.4, 0.5) is 0 Å². The molecule has 0 radical (unpaired) electrons. The molecular weight excluding hydrogens is 428 g/mol. The van der Waals surface area contributed by atoms with E-state index in [-0.39, 0.29) is 24.0 Å². The SMILES string of the molecule is CCOc1ccc(C2CC(=O)N3C(=C2C#N)SCC3(O)c2ccc(OC)c(OC)c2)cc1. The summed E-state index contributed by atoms with van der Waals surface area (Å²) in [4.78, 5) is 14.6. The van der Waals surface area contributed by atoms with Crippen molar-refractivity contribution in [1.82, 2.24) is 4.90 Å². The van der Waals surface area contributed by atoms with Crippen LogP contribution in [0.1, 0.15) is 30.4 Å². The Hall–Kier alpha value is -3.15. The second-order valence-electron chi connectivity index (χ2n) is 7.49. The van der Waals surface area contributed by atoms with Gasteiger partial charge in [0.1, 0.15) is 5.75 Å². The second kappa shape index (κ2) is 8.77. The maximum Gasteiger partial charge on any atom is 0.231 e. The molecule has 4 rings (SSSR count). The number of fused-ring (bicyclic) bond motifs is 1. The van der Waals surface area contributed by atoms with Gasteiger partial charge in [-0.25, -0.2) is 0 Å². The molecule has 2 aromatic carbocycles. The third-order valence-electron chi connectivity index (χ3n) is 5.75. The average Bonchev–Trinajstić information content (AvgIpc) is 3.18. The Morgan fingerprint density at radius 2 is 1.91 bits per heavy atom. The van der Waals surface area contributed by atoms with Gasteiger partial charge in [-0.05, 0) is 36.8 Å². The minimum atomic E-state index is -1.58. The number of nitriles is 1. The largest absolute Gasteiger partial charge is 0.494 e. The summed E-state index contributed by atoms with van der Waals surface area (Å²) in [7, 11) is 3.05. The Labute approximate surface area is 191 Å². The van der Waals surface area contributed by atoms with Gasteiger partial charge in [-0.3, -0.25) is 9.69 Å². The summed E-state index contributed by atoms with van der Waals surface area (Å²) >= 11 is 1.31. The fraction of sp³-hybridized carbons (Fsp3) is 0.333. The van der Waals surface area contributed by atoms with E-state index in [1.807, 2.05) is 31.2 Å². The number of aliphatic hydroxyl groups is 1. The quantitative estimate of drug-likeness (QED) is 0.714. The predicted molar refractivity (Wildman–Crippen MR) is 120 cm³/mol. The van der Waals surface area contributed by atoms with Crippen LogP contribution in [0.3, 0.4) is 0 Å². The van der Waals surface area contributed by atoms with E-state index in [1.54, 1.807) is 18.2 Å². The molecule has 2 atom stereocenters. The van der Waals surface area contributed by atoms with Gasteiger partial charge in [0, 0.05) is 17.9 Å². The lowest BCUT2D eigenvalue weighted by Crippen LogP contribution is -2.48. The maximum atomic E-state index is 13.3. The number of carbonyl (C=O) groups excluding carboxylic acids is 1. The molecule has 8 heteroatoms. The first kappa shape index (κ1) is 22.1. The highest BCUT2D eigenvalue weighted by Gasteiger charge is 2.52. The Kier molecular flexibility index (Phi) is 6.04. The molecule has 0 aromatic heterocycles. The molecule has 7 nitrogen and oxygen atoms in total. The number of carbonyl (C=O) groups is 1. The number of hydrogen-bond acceptors (Lipinski definition) is 7. The molecule has 1 saturated heterocycles. The Balaban J connectivity index is 1.74. The number of benzene rings is 2. The molecule has 0 bridgehead atoms. The van der Waals surface area contributed by atoms with Gasteiger partial charge in [-0.2, -0.15) is 5.26 Å². The summed E-state index contributed by atoms with van der Waals surface area (Å²) < 4.78 is 16.1. The van der Waals surface area contributed by atoms with E-state index >= 15 is 0 Å². The van der Waals surface area contributed by atoms with Crippen LogP contribution in [0.15, 0.2) is 53.1 Å². The van der Waals surface area contributed by atoms with E-state index in [2.05, 4.69) is 6.07 Å². The standard InChI is InChI=1S/C24H24N2O5S/c1-4-31-17-8-5-15(6-9-17)18-12-22(27)26-23(19(18)13-25)32-14-24(26,28)16-7-10-20(29-2)21(11-16)30-3/h5-11,18,28H,4,12,14H2,1-3H3. The van der Waals surface area contributed by atoms with E-state index in [9.17, 15) is 15.2 Å². The highest BCUT2D eigenvalue weighted by Crippen LogP contribution is 2.52. The number of nitrogens with zero attached hydrogens (tertiary/aromatic N) is 2. The second-order valence-corrected chi connectivity index (χ2v) is 8.46. The van der Waals surface area contributed by atoms with Crippen LogP contribution in [-0.4, -0.2) is 42.5 Å². The predicted octanol–water partition coefficient (Wildman–Crippen LogP) is 3.75. The monoisotopic (exact) mass is 452 g/mol. The van der Waals surface area contributed by atoms with Crippen LogP contribution < -0.4 is 14.2 Å². The van der Waals surface area contributed by atoms with E-state index in [0.29, 0.717) is 34.3 Å². The highest BCUT2D eigenvalue weighted by molar-refractivity contribution is 8.03. The zero-order valence-electron chi connectivity index (χ0n) is 18.1. The molecule has 2 aliphatic rings. The van der Waals surface area contributed by atoms with Crippen LogP contribution in [-0.2, 0) is 10.5 Å². The topological polar surface area (TPSA) is 92.0 Å². The van der Waals surface area contributed by atoms with Crippen LogP contribution in [0.2, 0.25) is 0 Å². The first-order valence-electron chi connectivity index (χ1n) is 10.2. The van der Waals surface area contributed by atoms with Gasteiger partial charge in [-0.1, -0.05) is 18.2 Å². The Morgan fingerprint density at radius 3 is 2.53 bits per heavy atom. The van der Waals surface area contributed by atoms with Gasteiger partial charge in [0.15, 0.2) is 17.2 Å². The van der Waals surface area contributed by atoms with Gasteiger partial charge in [0.05, 0.1) is 43.3 Å². The van der Waals surface area contributed by atoms with Crippen molar-refractivity contribution >= 4 is 17.7 Å². The lowest BCUT2D eigenvalue weighted by molar-refractivity contribution is -0.149. The van der Waals surface area contributed by atoms with Crippen LogP contribution >= 0.6 is 11.8 Å². The van der Waals surface area contributed by atoms with Gasteiger partial charge < -0.3 is 19.3 Å². The third kappa shape index (κ3) is 3.57. The summed E-state index contributed by atoms with van der Waals surface area (Å²) in [6, 6.07) is 14.8. The maximum absolute atomic E-state index is 13.3. The zero-order valence-corrected chi connectivity index (χ0v) is 18.9. The molecule has 166 valence electrons. The number of ether oxygens (including phenoxy) is 3. The van der Waals surface area contributed by atoms with Gasteiger partial charge >= 0.3 is 0 Å². The highest BCUT2D eigenvalue weighted by atomic mass is 32.2. The fourth-order valence-corrected chi connectivity index (χ4v) is 5.53. The van der Waals surface area contributed by atoms with Crippen LogP contribution in [0.5, 0.6) is 17.2 Å². The lowest BCUT2D eigenvalue weighted by atomic mass is 9.85.